The van der Waals surface area contributed by atoms with Crippen LogP contribution in [0.3, 0.4) is 0 Å². The summed E-state index contributed by atoms with van der Waals surface area (Å²) in [5.41, 5.74) is 1.54. The second-order valence-electron chi connectivity index (χ2n) is 3.45. The molecule has 1 heterocycles. The summed E-state index contributed by atoms with van der Waals surface area (Å²) in [5, 5.41) is 2.80. The zero-order valence-corrected chi connectivity index (χ0v) is 10.7. The molecule has 0 aromatic heterocycles. The number of nitrogens with one attached hydrogen (secondary N) is 1. The maximum atomic E-state index is 11.8. The summed E-state index contributed by atoms with van der Waals surface area (Å²) in [6, 6.07) is 1.83. The highest BCUT2D eigenvalue weighted by atomic mass is 79.9. The molecule has 16 heavy (non-hydrogen) atoms. The van der Waals surface area contributed by atoms with Crippen LogP contribution in [0.4, 0.5) is 0 Å². The van der Waals surface area contributed by atoms with E-state index in [1.54, 1.807) is 7.11 Å². The van der Waals surface area contributed by atoms with Crippen molar-refractivity contribution in [2.45, 2.75) is 6.42 Å². The molecule has 0 atom stereocenters. The van der Waals surface area contributed by atoms with Gasteiger partial charge in [0.2, 0.25) is 0 Å². The molecule has 5 heteroatoms. The smallest absolute Gasteiger partial charge is 0.255 e. The van der Waals surface area contributed by atoms with Crippen LogP contribution in [0.25, 0.3) is 0 Å². The Bertz CT molecular complexity index is 445. The normalized spacial score (nSPS) is 14.1. The van der Waals surface area contributed by atoms with Crippen LogP contribution in [0.1, 0.15) is 15.9 Å². The SMILES string of the molecule is COc1cc(Br)c2c(c1OC)C(=O)NCC2. The van der Waals surface area contributed by atoms with E-state index in [-0.39, 0.29) is 5.91 Å². The Balaban J connectivity index is 2.70. The third-order valence-electron chi connectivity index (χ3n) is 2.61. The lowest BCUT2D eigenvalue weighted by molar-refractivity contribution is 0.0941. The summed E-state index contributed by atoms with van der Waals surface area (Å²) >= 11 is 3.45. The highest BCUT2D eigenvalue weighted by Crippen LogP contribution is 2.39. The molecular formula is C11H12BrNO3. The molecule has 0 radical (unpaired) electrons. The first-order valence-corrected chi connectivity index (χ1v) is 5.70. The van der Waals surface area contributed by atoms with Crippen molar-refractivity contribution in [2.75, 3.05) is 20.8 Å². The van der Waals surface area contributed by atoms with Crippen LogP contribution in [-0.4, -0.2) is 26.7 Å². The predicted molar refractivity (Wildman–Crippen MR) is 63.3 cm³/mol. The lowest BCUT2D eigenvalue weighted by Gasteiger charge is -2.21. The molecule has 1 N–H and O–H groups in total. The van der Waals surface area contributed by atoms with E-state index in [9.17, 15) is 4.79 Å². The Labute approximate surface area is 102 Å². The third-order valence-corrected chi connectivity index (χ3v) is 3.32. The van der Waals surface area contributed by atoms with Gasteiger partial charge in [-0.15, -0.1) is 0 Å². The Hall–Kier alpha value is -1.23. The average molecular weight is 286 g/mol. The fourth-order valence-electron chi connectivity index (χ4n) is 1.88. The quantitative estimate of drug-likeness (QED) is 0.901. The number of hydrogen-bond acceptors (Lipinski definition) is 3. The molecule has 4 nitrogen and oxygen atoms in total. The molecule has 0 bridgehead atoms. The monoisotopic (exact) mass is 285 g/mol. The van der Waals surface area contributed by atoms with Gasteiger partial charge < -0.3 is 14.8 Å². The van der Waals surface area contributed by atoms with E-state index in [0.717, 1.165) is 16.5 Å². The first kappa shape index (κ1) is 11.3. The third kappa shape index (κ3) is 1.65. The van der Waals surface area contributed by atoms with Crippen LogP contribution in [0.5, 0.6) is 11.5 Å². The van der Waals surface area contributed by atoms with Gasteiger partial charge in [0.05, 0.1) is 19.8 Å². The minimum atomic E-state index is -0.113. The van der Waals surface area contributed by atoms with E-state index in [4.69, 9.17) is 9.47 Å². The summed E-state index contributed by atoms with van der Waals surface area (Å²) < 4.78 is 11.3. The number of amides is 1. The summed E-state index contributed by atoms with van der Waals surface area (Å²) in [4.78, 5) is 11.8. The van der Waals surface area contributed by atoms with Gasteiger partial charge in [-0.1, -0.05) is 15.9 Å². The molecule has 1 aromatic carbocycles. The minimum Gasteiger partial charge on any atom is -0.493 e. The largest absolute Gasteiger partial charge is 0.493 e. The predicted octanol–water partition coefficient (Wildman–Crippen LogP) is 1.75. The van der Waals surface area contributed by atoms with Gasteiger partial charge in [0.25, 0.3) is 5.91 Å². The highest BCUT2D eigenvalue weighted by Gasteiger charge is 2.26. The molecule has 0 saturated carbocycles. The lowest BCUT2D eigenvalue weighted by Crippen LogP contribution is -2.32. The summed E-state index contributed by atoms with van der Waals surface area (Å²) in [6.45, 7) is 0.653. The summed E-state index contributed by atoms with van der Waals surface area (Å²) in [6.07, 6.45) is 0.794. The molecule has 0 unspecified atom stereocenters. The van der Waals surface area contributed by atoms with Crippen LogP contribution < -0.4 is 14.8 Å². The lowest BCUT2D eigenvalue weighted by atomic mass is 9.99. The van der Waals surface area contributed by atoms with E-state index < -0.39 is 0 Å². The van der Waals surface area contributed by atoms with Crippen molar-refractivity contribution >= 4 is 21.8 Å². The number of carbonyl (C=O) groups is 1. The van der Waals surface area contributed by atoms with Crippen molar-refractivity contribution in [3.05, 3.63) is 21.7 Å². The van der Waals surface area contributed by atoms with Gasteiger partial charge >= 0.3 is 0 Å². The van der Waals surface area contributed by atoms with Gasteiger partial charge in [0.15, 0.2) is 11.5 Å². The molecule has 1 aliphatic rings. The van der Waals surface area contributed by atoms with Crippen molar-refractivity contribution in [3.8, 4) is 11.5 Å². The number of fused-ring (bicyclic) bond motifs is 1. The molecular weight excluding hydrogens is 274 g/mol. The van der Waals surface area contributed by atoms with E-state index in [1.165, 1.54) is 7.11 Å². The average Bonchev–Trinajstić information content (AvgIpc) is 2.29. The van der Waals surface area contributed by atoms with Crippen LogP contribution >= 0.6 is 15.9 Å². The molecule has 0 aliphatic carbocycles. The first-order chi connectivity index (χ1) is 7.69. The zero-order chi connectivity index (χ0) is 11.7. The van der Waals surface area contributed by atoms with Crippen molar-refractivity contribution in [2.24, 2.45) is 0 Å². The van der Waals surface area contributed by atoms with Crippen molar-refractivity contribution in [3.63, 3.8) is 0 Å². The number of halogens is 1. The van der Waals surface area contributed by atoms with Gasteiger partial charge in [-0.2, -0.15) is 0 Å². The molecule has 1 aromatic rings. The molecule has 0 fully saturated rings. The maximum absolute atomic E-state index is 11.8. The van der Waals surface area contributed by atoms with E-state index >= 15 is 0 Å². The van der Waals surface area contributed by atoms with Crippen molar-refractivity contribution in [1.82, 2.24) is 5.32 Å². The molecule has 86 valence electrons. The number of methoxy groups -OCH3 is 2. The van der Waals surface area contributed by atoms with E-state index in [2.05, 4.69) is 21.2 Å². The zero-order valence-electron chi connectivity index (χ0n) is 9.09. The fourth-order valence-corrected chi connectivity index (χ4v) is 2.48. The Morgan fingerprint density at radius 1 is 1.38 bits per heavy atom. The van der Waals surface area contributed by atoms with Crippen molar-refractivity contribution < 1.29 is 14.3 Å². The van der Waals surface area contributed by atoms with Crippen LogP contribution in [-0.2, 0) is 6.42 Å². The molecule has 0 spiro atoms. The van der Waals surface area contributed by atoms with E-state index in [0.29, 0.717) is 23.6 Å². The van der Waals surface area contributed by atoms with Gasteiger partial charge in [-0.3, -0.25) is 4.79 Å². The molecule has 2 rings (SSSR count). The van der Waals surface area contributed by atoms with Gasteiger partial charge in [0.1, 0.15) is 0 Å². The van der Waals surface area contributed by atoms with Gasteiger partial charge in [-0.25, -0.2) is 0 Å². The number of carbonyl (C=O) groups excluding carboxylic acids is 1. The first-order valence-electron chi connectivity index (χ1n) is 4.90. The van der Waals surface area contributed by atoms with Crippen molar-refractivity contribution in [1.29, 1.82) is 0 Å². The second-order valence-corrected chi connectivity index (χ2v) is 4.31. The summed E-state index contributed by atoms with van der Waals surface area (Å²) in [7, 11) is 3.09. The standard InChI is InChI=1S/C11H12BrNO3/c1-15-8-5-7(12)6-3-4-13-11(14)9(6)10(8)16-2/h5H,3-4H2,1-2H3,(H,13,14). The molecule has 1 amide bonds. The molecule has 0 saturated heterocycles. The Morgan fingerprint density at radius 2 is 2.12 bits per heavy atom. The summed E-state index contributed by atoms with van der Waals surface area (Å²) in [5.74, 6) is 0.945. The topological polar surface area (TPSA) is 47.6 Å². The maximum Gasteiger partial charge on any atom is 0.255 e. The Morgan fingerprint density at radius 3 is 2.75 bits per heavy atom. The van der Waals surface area contributed by atoms with Crippen LogP contribution in [0, 0.1) is 0 Å². The van der Waals surface area contributed by atoms with Gasteiger partial charge in [-0.05, 0) is 18.1 Å². The fraction of sp³-hybridized carbons (Fsp3) is 0.364. The number of rotatable bonds is 2. The van der Waals surface area contributed by atoms with Gasteiger partial charge in [0, 0.05) is 11.0 Å². The Kier molecular flexibility index (Phi) is 3.05. The number of hydrogen-bond donors (Lipinski definition) is 1. The van der Waals surface area contributed by atoms with E-state index in [1.807, 2.05) is 6.07 Å². The molecule has 1 aliphatic heterocycles. The van der Waals surface area contributed by atoms with Crippen LogP contribution in [0.2, 0.25) is 0 Å². The van der Waals surface area contributed by atoms with Crippen LogP contribution in [0.15, 0.2) is 10.5 Å². The highest BCUT2D eigenvalue weighted by molar-refractivity contribution is 9.10. The minimum absolute atomic E-state index is 0.113. The second kappa shape index (κ2) is 4.33. The number of ether oxygens (including phenoxy) is 2. The number of benzene rings is 1.